The number of rotatable bonds is 6. The van der Waals surface area contributed by atoms with E-state index in [1.54, 1.807) is 11.3 Å². The van der Waals surface area contributed by atoms with Gasteiger partial charge in [0.2, 0.25) is 5.89 Å². The van der Waals surface area contributed by atoms with Crippen LogP contribution in [-0.4, -0.2) is 32.3 Å². The minimum atomic E-state index is 0.535. The summed E-state index contributed by atoms with van der Waals surface area (Å²) in [7, 11) is 2.00. The Kier molecular flexibility index (Phi) is 4.60. The molecule has 7 heteroatoms. The van der Waals surface area contributed by atoms with E-state index in [1.165, 1.54) is 0 Å². The molecule has 0 radical (unpaired) electrons. The molecule has 0 aliphatic rings. The van der Waals surface area contributed by atoms with Crippen LogP contribution in [0.2, 0.25) is 0 Å². The molecule has 0 aliphatic carbocycles. The van der Waals surface area contributed by atoms with Crippen LogP contribution in [0.4, 0.5) is 0 Å². The van der Waals surface area contributed by atoms with Gasteiger partial charge in [0.15, 0.2) is 5.82 Å². The number of nitrogens with zero attached hydrogens (tertiary/aromatic N) is 5. The molecule has 0 amide bonds. The van der Waals surface area contributed by atoms with Gasteiger partial charge in [-0.05, 0) is 19.9 Å². The van der Waals surface area contributed by atoms with Gasteiger partial charge in [-0.2, -0.15) is 4.98 Å². The molecule has 2 rings (SSSR count). The van der Waals surface area contributed by atoms with E-state index in [4.69, 9.17) is 4.52 Å². The zero-order valence-corrected chi connectivity index (χ0v) is 12.6. The van der Waals surface area contributed by atoms with E-state index in [0.717, 1.165) is 28.8 Å². The lowest BCUT2D eigenvalue weighted by Gasteiger charge is -2.10. The van der Waals surface area contributed by atoms with Gasteiger partial charge in [0, 0.05) is 6.42 Å². The van der Waals surface area contributed by atoms with Gasteiger partial charge in [-0.25, -0.2) is 0 Å². The number of aryl methyl sites for hydroxylation is 1. The largest absolute Gasteiger partial charge is 0.338 e. The van der Waals surface area contributed by atoms with Crippen LogP contribution >= 0.6 is 11.3 Å². The zero-order valence-electron chi connectivity index (χ0n) is 11.8. The Morgan fingerprint density at radius 2 is 2.05 bits per heavy atom. The molecule has 2 aromatic heterocycles. The molecule has 0 unspecified atom stereocenters. The van der Waals surface area contributed by atoms with Crippen molar-refractivity contribution >= 4 is 11.3 Å². The fraction of sp³-hybridized carbons (Fsp3) is 0.667. The molecule has 6 nitrogen and oxygen atoms in total. The quantitative estimate of drug-likeness (QED) is 0.807. The van der Waals surface area contributed by atoms with Crippen molar-refractivity contribution in [2.24, 2.45) is 5.92 Å². The fourth-order valence-corrected chi connectivity index (χ4v) is 2.51. The highest BCUT2D eigenvalue weighted by molar-refractivity contribution is 7.11. The highest BCUT2D eigenvalue weighted by atomic mass is 32.1. The van der Waals surface area contributed by atoms with Gasteiger partial charge in [0.1, 0.15) is 10.0 Å². The normalized spacial score (nSPS) is 11.7. The van der Waals surface area contributed by atoms with Crippen molar-refractivity contribution in [1.82, 2.24) is 25.2 Å². The Hall–Kier alpha value is -1.34. The summed E-state index contributed by atoms with van der Waals surface area (Å²) in [5, 5.41) is 14.1. The van der Waals surface area contributed by atoms with Gasteiger partial charge in [0.25, 0.3) is 0 Å². The Morgan fingerprint density at radius 1 is 1.26 bits per heavy atom. The third-order valence-electron chi connectivity index (χ3n) is 2.48. The molecular weight excluding hydrogens is 262 g/mol. The van der Waals surface area contributed by atoms with Crippen molar-refractivity contribution in [3.05, 3.63) is 21.7 Å². The van der Waals surface area contributed by atoms with Gasteiger partial charge in [-0.3, -0.25) is 4.90 Å². The maximum atomic E-state index is 5.24. The van der Waals surface area contributed by atoms with Crippen LogP contribution in [-0.2, 0) is 19.5 Å². The van der Waals surface area contributed by atoms with E-state index in [0.29, 0.717) is 18.4 Å². The van der Waals surface area contributed by atoms with Gasteiger partial charge < -0.3 is 4.52 Å². The van der Waals surface area contributed by atoms with Gasteiger partial charge >= 0.3 is 0 Å². The molecule has 0 bridgehead atoms. The average Bonchev–Trinajstić information content (AvgIpc) is 2.88. The average molecular weight is 281 g/mol. The first-order valence-corrected chi connectivity index (χ1v) is 7.13. The third-order valence-corrected chi connectivity index (χ3v) is 3.30. The lowest BCUT2D eigenvalue weighted by atomic mass is 10.1. The number of aromatic nitrogens is 4. The first-order valence-electron chi connectivity index (χ1n) is 6.32. The predicted molar refractivity (Wildman–Crippen MR) is 72.7 cm³/mol. The van der Waals surface area contributed by atoms with E-state index in [-0.39, 0.29) is 0 Å². The number of hydrogen-bond acceptors (Lipinski definition) is 7. The van der Waals surface area contributed by atoms with Crippen molar-refractivity contribution in [2.75, 3.05) is 7.05 Å². The standard InChI is InChI=1S/C12H19N5OS/c1-8(2)5-10-13-11(18-16-10)6-17(4)7-12-15-14-9(3)19-12/h8H,5-7H2,1-4H3. The highest BCUT2D eigenvalue weighted by Crippen LogP contribution is 2.12. The summed E-state index contributed by atoms with van der Waals surface area (Å²) in [6.45, 7) is 7.61. The van der Waals surface area contributed by atoms with Crippen LogP contribution in [0.1, 0.15) is 35.6 Å². The lowest BCUT2D eigenvalue weighted by molar-refractivity contribution is 0.259. The highest BCUT2D eigenvalue weighted by Gasteiger charge is 2.12. The molecule has 0 N–H and O–H groups in total. The van der Waals surface area contributed by atoms with Gasteiger partial charge in [0.05, 0.1) is 13.1 Å². The minimum absolute atomic E-state index is 0.535. The van der Waals surface area contributed by atoms with Crippen molar-refractivity contribution in [1.29, 1.82) is 0 Å². The molecule has 0 spiro atoms. The molecule has 0 saturated carbocycles. The molecule has 0 aromatic carbocycles. The second kappa shape index (κ2) is 6.21. The second-order valence-corrected chi connectivity index (χ2v) is 6.36. The SMILES string of the molecule is Cc1nnc(CN(C)Cc2nc(CC(C)C)no2)s1. The van der Waals surface area contributed by atoms with Crippen LogP contribution in [0.3, 0.4) is 0 Å². The van der Waals surface area contributed by atoms with E-state index in [1.807, 2.05) is 14.0 Å². The maximum absolute atomic E-state index is 5.24. The summed E-state index contributed by atoms with van der Waals surface area (Å²) in [4.78, 5) is 6.48. The van der Waals surface area contributed by atoms with Crippen LogP contribution in [0, 0.1) is 12.8 Å². The molecule has 0 aliphatic heterocycles. The van der Waals surface area contributed by atoms with Crippen molar-refractivity contribution < 1.29 is 4.52 Å². The smallest absolute Gasteiger partial charge is 0.240 e. The first-order chi connectivity index (χ1) is 9.02. The second-order valence-electron chi connectivity index (χ2n) is 5.09. The molecule has 0 fully saturated rings. The Labute approximate surface area is 116 Å². The van der Waals surface area contributed by atoms with Crippen LogP contribution in [0.15, 0.2) is 4.52 Å². The molecule has 0 saturated heterocycles. The molecule has 19 heavy (non-hydrogen) atoms. The van der Waals surface area contributed by atoms with Crippen LogP contribution in [0.25, 0.3) is 0 Å². The van der Waals surface area contributed by atoms with Crippen molar-refractivity contribution in [3.63, 3.8) is 0 Å². The Balaban J connectivity index is 1.88. The van der Waals surface area contributed by atoms with E-state index < -0.39 is 0 Å². The molecular formula is C12H19N5OS. The van der Waals surface area contributed by atoms with Gasteiger partial charge in [-0.1, -0.05) is 19.0 Å². The topological polar surface area (TPSA) is 67.9 Å². The summed E-state index contributed by atoms with van der Waals surface area (Å²) in [6, 6.07) is 0. The fourth-order valence-electron chi connectivity index (χ4n) is 1.72. The van der Waals surface area contributed by atoms with Gasteiger partial charge in [-0.15, -0.1) is 21.5 Å². The lowest BCUT2D eigenvalue weighted by Crippen LogP contribution is -2.17. The summed E-state index contributed by atoms with van der Waals surface area (Å²) in [6.07, 6.45) is 0.850. The summed E-state index contributed by atoms with van der Waals surface area (Å²) >= 11 is 1.61. The predicted octanol–water partition coefficient (Wildman–Crippen LogP) is 2.06. The number of hydrogen-bond donors (Lipinski definition) is 0. The van der Waals surface area contributed by atoms with Crippen molar-refractivity contribution in [3.8, 4) is 0 Å². The zero-order chi connectivity index (χ0) is 13.8. The summed E-state index contributed by atoms with van der Waals surface area (Å²) in [5.41, 5.74) is 0. The van der Waals surface area contributed by atoms with E-state index in [2.05, 4.69) is 39.1 Å². The molecule has 104 valence electrons. The maximum Gasteiger partial charge on any atom is 0.240 e. The summed E-state index contributed by atoms with van der Waals surface area (Å²) < 4.78 is 5.24. The molecule has 0 atom stereocenters. The van der Waals surface area contributed by atoms with E-state index in [9.17, 15) is 0 Å². The summed E-state index contributed by atoms with van der Waals surface area (Å²) in [5.74, 6) is 1.97. The van der Waals surface area contributed by atoms with Crippen molar-refractivity contribution in [2.45, 2.75) is 40.3 Å². The third kappa shape index (κ3) is 4.36. The van der Waals surface area contributed by atoms with E-state index >= 15 is 0 Å². The Morgan fingerprint density at radius 3 is 2.68 bits per heavy atom. The Bertz CT molecular complexity index is 522. The van der Waals surface area contributed by atoms with Crippen LogP contribution < -0.4 is 0 Å². The first kappa shape index (κ1) is 14.1. The monoisotopic (exact) mass is 281 g/mol. The molecule has 2 heterocycles. The minimum Gasteiger partial charge on any atom is -0.338 e. The molecule has 2 aromatic rings. The van der Waals surface area contributed by atoms with Crippen LogP contribution in [0.5, 0.6) is 0 Å².